The summed E-state index contributed by atoms with van der Waals surface area (Å²) in [6.07, 6.45) is 3.46. The predicted octanol–water partition coefficient (Wildman–Crippen LogP) is 2.53. The van der Waals surface area contributed by atoms with Crippen LogP contribution in [0.4, 0.5) is 0 Å². The molecule has 0 radical (unpaired) electrons. The molecule has 4 rings (SSSR count). The first-order valence-electron chi connectivity index (χ1n) is 10.6. The Morgan fingerprint density at radius 3 is 2.39 bits per heavy atom. The number of hydrogen-bond donors (Lipinski definition) is 1. The first-order valence-corrected chi connectivity index (χ1v) is 12.4. The minimum atomic E-state index is -3.68. The van der Waals surface area contributed by atoms with Crippen LogP contribution in [0.1, 0.15) is 27.8 Å². The number of hydrogen-bond acceptors (Lipinski definition) is 5. The molecule has 2 aromatic carbocycles. The smallest absolute Gasteiger partial charge is 0.252 e. The Hall–Kier alpha value is -2.72. The monoisotopic (exact) mass is 487 g/mol. The average Bonchev–Trinajstić information content (AvgIpc) is 3.24. The molecule has 3 aromatic rings. The normalized spacial score (nSPS) is 16.5. The molecule has 10 heteroatoms. The Bertz CT molecular complexity index is 1230. The van der Waals surface area contributed by atoms with Gasteiger partial charge in [-0.2, -0.15) is 4.31 Å². The van der Waals surface area contributed by atoms with Crippen molar-refractivity contribution in [2.45, 2.75) is 10.9 Å². The number of aryl methyl sites for hydroxylation is 1. The van der Waals surface area contributed by atoms with E-state index >= 15 is 0 Å². The number of carbonyl (C=O) groups is 1. The maximum atomic E-state index is 13.2. The zero-order valence-corrected chi connectivity index (χ0v) is 20.1. The Kier molecular flexibility index (Phi) is 6.85. The zero-order valence-electron chi connectivity index (χ0n) is 18.5. The number of imidazole rings is 1. The number of piperazine rings is 1. The predicted molar refractivity (Wildman–Crippen MR) is 127 cm³/mol. The molecule has 33 heavy (non-hydrogen) atoms. The summed E-state index contributed by atoms with van der Waals surface area (Å²) in [7, 11) is 0.132. The third-order valence-corrected chi connectivity index (χ3v) is 7.94. The number of sulfonamides is 1. The number of halogens is 1. The van der Waals surface area contributed by atoms with E-state index in [1.807, 2.05) is 30.8 Å². The molecule has 0 unspecified atom stereocenters. The highest BCUT2D eigenvalue weighted by molar-refractivity contribution is 7.89. The van der Waals surface area contributed by atoms with Gasteiger partial charge in [-0.1, -0.05) is 29.8 Å². The SMILES string of the molecule is CN1CCN(S(=O)(=O)c2cccc(C(=O)N[C@H](c3ccc(Cl)cc3)c3nccn3C)c2)CC1. The van der Waals surface area contributed by atoms with Crippen molar-refractivity contribution in [2.24, 2.45) is 7.05 Å². The van der Waals surface area contributed by atoms with Gasteiger partial charge in [0.15, 0.2) is 0 Å². The summed E-state index contributed by atoms with van der Waals surface area (Å²) < 4.78 is 29.5. The molecular formula is C23H26ClN5O3S. The summed E-state index contributed by atoms with van der Waals surface area (Å²) in [5.74, 6) is 0.250. The van der Waals surface area contributed by atoms with Crippen molar-refractivity contribution in [2.75, 3.05) is 33.2 Å². The van der Waals surface area contributed by atoms with E-state index in [0.29, 0.717) is 37.0 Å². The second-order valence-corrected chi connectivity index (χ2v) is 10.5. The molecule has 2 heterocycles. The lowest BCUT2D eigenvalue weighted by molar-refractivity contribution is 0.0941. The van der Waals surface area contributed by atoms with Crippen LogP contribution in [0.5, 0.6) is 0 Å². The molecular weight excluding hydrogens is 462 g/mol. The molecule has 1 fully saturated rings. The van der Waals surface area contributed by atoms with Crippen LogP contribution in [0.3, 0.4) is 0 Å². The first kappa shape index (κ1) is 23.4. The fraction of sp³-hybridized carbons (Fsp3) is 0.304. The molecule has 1 amide bonds. The van der Waals surface area contributed by atoms with Crippen LogP contribution in [0.15, 0.2) is 65.8 Å². The summed E-state index contributed by atoms with van der Waals surface area (Å²) in [4.78, 5) is 19.8. The molecule has 1 aliphatic heterocycles. The van der Waals surface area contributed by atoms with Gasteiger partial charge in [0.25, 0.3) is 5.91 Å². The molecule has 1 atom stereocenters. The topological polar surface area (TPSA) is 87.5 Å². The molecule has 0 bridgehead atoms. The van der Waals surface area contributed by atoms with Crippen molar-refractivity contribution in [1.29, 1.82) is 0 Å². The first-order chi connectivity index (χ1) is 15.8. The Morgan fingerprint density at radius 1 is 1.06 bits per heavy atom. The van der Waals surface area contributed by atoms with Gasteiger partial charge in [-0.15, -0.1) is 0 Å². The maximum absolute atomic E-state index is 13.2. The van der Waals surface area contributed by atoms with Crippen molar-refractivity contribution in [3.8, 4) is 0 Å². The van der Waals surface area contributed by atoms with Crippen molar-refractivity contribution in [3.05, 3.63) is 82.9 Å². The van der Waals surface area contributed by atoms with E-state index in [9.17, 15) is 13.2 Å². The summed E-state index contributed by atoms with van der Waals surface area (Å²) in [5.41, 5.74) is 1.07. The summed E-state index contributed by atoms with van der Waals surface area (Å²) in [6.45, 7) is 2.19. The number of rotatable bonds is 6. The molecule has 0 saturated carbocycles. The van der Waals surface area contributed by atoms with Crippen molar-refractivity contribution >= 4 is 27.5 Å². The highest BCUT2D eigenvalue weighted by atomic mass is 35.5. The van der Waals surface area contributed by atoms with Gasteiger partial charge in [-0.25, -0.2) is 13.4 Å². The van der Waals surface area contributed by atoms with Crippen LogP contribution in [0.2, 0.25) is 5.02 Å². The lowest BCUT2D eigenvalue weighted by Crippen LogP contribution is -2.47. The number of carbonyl (C=O) groups excluding carboxylic acids is 1. The molecule has 1 saturated heterocycles. The van der Waals surface area contributed by atoms with Crippen LogP contribution in [0, 0.1) is 0 Å². The number of nitrogens with one attached hydrogen (secondary N) is 1. The highest BCUT2D eigenvalue weighted by Crippen LogP contribution is 2.24. The van der Waals surface area contributed by atoms with Crippen LogP contribution in [0.25, 0.3) is 0 Å². The fourth-order valence-corrected chi connectivity index (χ4v) is 5.39. The lowest BCUT2D eigenvalue weighted by Gasteiger charge is -2.31. The minimum Gasteiger partial charge on any atom is -0.338 e. The third-order valence-electron chi connectivity index (χ3n) is 5.79. The van der Waals surface area contributed by atoms with Gasteiger partial charge in [-0.05, 0) is 42.9 Å². The number of nitrogens with zero attached hydrogens (tertiary/aromatic N) is 4. The van der Waals surface area contributed by atoms with E-state index in [0.717, 1.165) is 5.56 Å². The second kappa shape index (κ2) is 9.64. The molecule has 0 spiro atoms. The third kappa shape index (κ3) is 5.11. The maximum Gasteiger partial charge on any atom is 0.252 e. The van der Waals surface area contributed by atoms with Gasteiger partial charge in [0.1, 0.15) is 11.9 Å². The van der Waals surface area contributed by atoms with E-state index in [1.54, 1.807) is 36.7 Å². The Morgan fingerprint density at radius 2 is 1.76 bits per heavy atom. The van der Waals surface area contributed by atoms with Gasteiger partial charge in [0, 0.05) is 56.2 Å². The van der Waals surface area contributed by atoms with E-state index in [-0.39, 0.29) is 10.5 Å². The van der Waals surface area contributed by atoms with Crippen molar-refractivity contribution in [1.82, 2.24) is 24.1 Å². The fourth-order valence-electron chi connectivity index (χ4n) is 3.80. The van der Waals surface area contributed by atoms with Gasteiger partial charge in [0.05, 0.1) is 4.90 Å². The molecule has 1 N–H and O–H groups in total. The second-order valence-electron chi connectivity index (χ2n) is 8.09. The number of amides is 1. The van der Waals surface area contributed by atoms with Gasteiger partial charge in [0.2, 0.25) is 10.0 Å². The summed E-state index contributed by atoms with van der Waals surface area (Å²) in [6, 6.07) is 12.8. The lowest BCUT2D eigenvalue weighted by atomic mass is 10.1. The molecule has 1 aliphatic rings. The van der Waals surface area contributed by atoms with Crippen LogP contribution in [-0.4, -0.2) is 66.3 Å². The zero-order chi connectivity index (χ0) is 23.6. The van der Waals surface area contributed by atoms with E-state index < -0.39 is 22.0 Å². The van der Waals surface area contributed by atoms with Crippen LogP contribution in [-0.2, 0) is 17.1 Å². The summed E-state index contributed by atoms with van der Waals surface area (Å²) in [5, 5.41) is 3.58. The standard InChI is InChI=1S/C23H26ClN5O3S/c1-27-12-14-29(15-13-27)33(31,32)20-5-3-4-18(16-20)23(30)26-21(22-25-10-11-28(22)2)17-6-8-19(24)9-7-17/h3-11,16,21H,12-15H2,1-2H3,(H,26,30)/t21-/m1/s1. The van der Waals surface area contributed by atoms with Crippen LogP contribution < -0.4 is 5.32 Å². The van der Waals surface area contributed by atoms with Crippen molar-refractivity contribution in [3.63, 3.8) is 0 Å². The highest BCUT2D eigenvalue weighted by Gasteiger charge is 2.28. The number of likely N-dealkylation sites (N-methyl/N-ethyl adjacent to an activating group) is 1. The van der Waals surface area contributed by atoms with Gasteiger partial charge in [-0.3, -0.25) is 4.79 Å². The molecule has 0 aliphatic carbocycles. The average molecular weight is 488 g/mol. The van der Waals surface area contributed by atoms with E-state index in [2.05, 4.69) is 15.2 Å². The molecule has 174 valence electrons. The largest absolute Gasteiger partial charge is 0.338 e. The van der Waals surface area contributed by atoms with Crippen LogP contribution >= 0.6 is 11.6 Å². The molecule has 1 aromatic heterocycles. The van der Waals surface area contributed by atoms with E-state index in [1.165, 1.54) is 16.4 Å². The van der Waals surface area contributed by atoms with E-state index in [4.69, 9.17) is 11.6 Å². The minimum absolute atomic E-state index is 0.111. The van der Waals surface area contributed by atoms with Gasteiger partial charge < -0.3 is 14.8 Å². The number of aromatic nitrogens is 2. The van der Waals surface area contributed by atoms with Crippen molar-refractivity contribution < 1.29 is 13.2 Å². The summed E-state index contributed by atoms with van der Waals surface area (Å²) >= 11 is 6.03. The quantitative estimate of drug-likeness (QED) is 0.577. The number of benzene rings is 2. The molecule has 8 nitrogen and oxygen atoms in total. The Labute approximate surface area is 198 Å². The van der Waals surface area contributed by atoms with Gasteiger partial charge >= 0.3 is 0 Å². The Balaban J connectivity index is 1.60.